The van der Waals surface area contributed by atoms with E-state index in [0.29, 0.717) is 16.9 Å². The molecule has 0 bridgehead atoms. The largest absolute Gasteiger partial charge is 0.344 e. The molecule has 9 heteroatoms. The average molecular weight is 384 g/mol. The number of fused-ring (bicyclic) bond motifs is 2. The van der Waals surface area contributed by atoms with E-state index in [4.69, 9.17) is 0 Å². The number of pyridine rings is 1. The van der Waals surface area contributed by atoms with Crippen LogP contribution < -0.4 is 5.32 Å². The molecule has 1 aromatic carbocycles. The van der Waals surface area contributed by atoms with Crippen LogP contribution in [-0.4, -0.2) is 41.0 Å². The zero-order valence-electron chi connectivity index (χ0n) is 15.5. The summed E-state index contributed by atoms with van der Waals surface area (Å²) in [6.45, 7) is 2.09. The number of benzene rings is 1. The summed E-state index contributed by atoms with van der Waals surface area (Å²) < 4.78 is 0. The summed E-state index contributed by atoms with van der Waals surface area (Å²) in [5.74, 6) is 0.443. The molecule has 5 aromatic rings. The number of amides is 1. The van der Waals surface area contributed by atoms with Crippen molar-refractivity contribution in [2.24, 2.45) is 0 Å². The summed E-state index contributed by atoms with van der Waals surface area (Å²) in [7, 11) is 0. The van der Waals surface area contributed by atoms with Gasteiger partial charge < -0.3 is 10.4 Å². The van der Waals surface area contributed by atoms with Gasteiger partial charge in [0.2, 0.25) is 5.82 Å². The average Bonchev–Trinajstić information content (AvgIpc) is 3.34. The van der Waals surface area contributed by atoms with Gasteiger partial charge in [-0.05, 0) is 37.3 Å². The van der Waals surface area contributed by atoms with Gasteiger partial charge in [-0.15, -0.1) is 0 Å². The number of rotatable bonds is 4. The van der Waals surface area contributed by atoms with Crippen LogP contribution in [0.3, 0.4) is 0 Å². The third-order valence-electron chi connectivity index (χ3n) is 4.59. The van der Waals surface area contributed by atoms with Gasteiger partial charge in [0.25, 0.3) is 5.91 Å². The van der Waals surface area contributed by atoms with Crippen LogP contribution >= 0.6 is 0 Å². The lowest BCUT2D eigenvalue weighted by molar-refractivity contribution is 0.0941. The fourth-order valence-electron chi connectivity index (χ4n) is 3.22. The van der Waals surface area contributed by atoms with Gasteiger partial charge in [0.15, 0.2) is 0 Å². The second kappa shape index (κ2) is 6.79. The smallest absolute Gasteiger partial charge is 0.289 e. The molecule has 5 rings (SSSR count). The van der Waals surface area contributed by atoms with Crippen molar-refractivity contribution in [1.82, 2.24) is 40.4 Å². The zero-order chi connectivity index (χ0) is 19.8. The summed E-state index contributed by atoms with van der Waals surface area (Å²) in [6.07, 6.45) is 5.14. The molecule has 29 heavy (non-hydrogen) atoms. The zero-order valence-corrected chi connectivity index (χ0v) is 15.5. The topological polar surface area (TPSA) is 125 Å². The molecule has 9 nitrogen and oxygen atoms in total. The van der Waals surface area contributed by atoms with Crippen molar-refractivity contribution in [3.63, 3.8) is 0 Å². The van der Waals surface area contributed by atoms with Crippen LogP contribution in [0.25, 0.3) is 33.2 Å². The Morgan fingerprint density at radius 3 is 2.59 bits per heavy atom. The minimum atomic E-state index is -0.345. The minimum absolute atomic E-state index is 0.132. The van der Waals surface area contributed by atoms with E-state index in [1.54, 1.807) is 31.6 Å². The van der Waals surface area contributed by atoms with Crippen molar-refractivity contribution < 1.29 is 4.79 Å². The molecule has 4 aromatic heterocycles. The first-order chi connectivity index (χ1) is 14.2. The van der Waals surface area contributed by atoms with Gasteiger partial charge in [-0.1, -0.05) is 0 Å². The first-order valence-electron chi connectivity index (χ1n) is 9.02. The number of H-pyrrole nitrogens is 2. The van der Waals surface area contributed by atoms with Crippen molar-refractivity contribution in [2.75, 3.05) is 0 Å². The van der Waals surface area contributed by atoms with Crippen LogP contribution in [0, 0.1) is 6.92 Å². The number of hydrogen-bond donors (Lipinski definition) is 3. The second-order valence-electron chi connectivity index (χ2n) is 6.57. The van der Waals surface area contributed by atoms with E-state index < -0.39 is 0 Å². The van der Waals surface area contributed by atoms with Gasteiger partial charge in [-0.3, -0.25) is 14.9 Å². The molecular weight excluding hydrogens is 368 g/mol. The quantitative estimate of drug-likeness (QED) is 0.437. The number of aromatic amines is 2. The van der Waals surface area contributed by atoms with E-state index in [9.17, 15) is 4.79 Å². The van der Waals surface area contributed by atoms with Crippen LogP contribution in [-0.2, 0) is 6.54 Å². The molecule has 1 amide bonds. The van der Waals surface area contributed by atoms with E-state index in [-0.39, 0.29) is 18.3 Å². The molecule has 142 valence electrons. The monoisotopic (exact) mass is 384 g/mol. The van der Waals surface area contributed by atoms with Gasteiger partial charge in [0, 0.05) is 29.5 Å². The summed E-state index contributed by atoms with van der Waals surface area (Å²) in [6, 6.07) is 9.41. The lowest BCUT2D eigenvalue weighted by Crippen LogP contribution is -2.24. The van der Waals surface area contributed by atoms with Gasteiger partial charge in [-0.2, -0.15) is 0 Å². The SMILES string of the molecule is Cc1nccc(CNC(=O)c2nc3cc4[nH][nH]c(-c5ccncc5)c4cc3n2)n1. The molecule has 0 aliphatic rings. The second-order valence-corrected chi connectivity index (χ2v) is 6.57. The highest BCUT2D eigenvalue weighted by molar-refractivity contribution is 6.02. The van der Waals surface area contributed by atoms with Crippen molar-refractivity contribution in [3.8, 4) is 11.3 Å². The number of aromatic nitrogens is 7. The molecule has 0 aliphatic carbocycles. The lowest BCUT2D eigenvalue weighted by Gasteiger charge is -2.02. The van der Waals surface area contributed by atoms with Crippen LogP contribution in [0.5, 0.6) is 0 Å². The first-order valence-corrected chi connectivity index (χ1v) is 9.02. The Morgan fingerprint density at radius 2 is 1.79 bits per heavy atom. The Bertz CT molecular complexity index is 1340. The van der Waals surface area contributed by atoms with Crippen LogP contribution in [0.2, 0.25) is 0 Å². The number of imidazole rings is 1. The molecule has 0 unspecified atom stereocenters. The molecule has 0 saturated carbocycles. The molecule has 0 atom stereocenters. The standard InChI is InChI=1S/C20H16N8O/c1-11-22-7-4-13(24-11)10-23-20(29)19-25-16-8-14-15(9-17(16)26-19)27-28-18(14)12-2-5-21-6-3-12/h2-9,27-28H,10H2,1H3,(H,23,29). The molecule has 0 radical (unpaired) electrons. The van der Waals surface area contributed by atoms with Gasteiger partial charge in [0.05, 0.1) is 34.5 Å². The van der Waals surface area contributed by atoms with Crippen molar-refractivity contribution in [3.05, 3.63) is 66.3 Å². The Morgan fingerprint density at radius 1 is 1.00 bits per heavy atom. The number of nitrogens with one attached hydrogen (secondary N) is 3. The van der Waals surface area contributed by atoms with Crippen LogP contribution in [0.15, 0.2) is 48.9 Å². The highest BCUT2D eigenvalue weighted by Crippen LogP contribution is 2.28. The normalized spacial score (nSPS) is 11.2. The number of carbonyl (C=O) groups excluding carboxylic acids is 1. The van der Waals surface area contributed by atoms with Crippen molar-refractivity contribution >= 4 is 27.8 Å². The highest BCUT2D eigenvalue weighted by Gasteiger charge is 2.15. The first kappa shape index (κ1) is 17.0. The number of aryl methyl sites for hydroxylation is 1. The Labute approximate surface area is 164 Å². The summed E-state index contributed by atoms with van der Waals surface area (Å²) in [4.78, 5) is 33.6. The van der Waals surface area contributed by atoms with Gasteiger partial charge >= 0.3 is 0 Å². The number of hydrogen-bond acceptors (Lipinski definition) is 6. The Hall–Kier alpha value is -4.14. The third kappa shape index (κ3) is 3.18. The van der Waals surface area contributed by atoms with E-state index >= 15 is 0 Å². The lowest BCUT2D eigenvalue weighted by atomic mass is 10.1. The maximum absolute atomic E-state index is 12.5. The van der Waals surface area contributed by atoms with E-state index in [1.165, 1.54) is 0 Å². The molecule has 0 fully saturated rings. The molecular formula is C20H16N8O. The van der Waals surface area contributed by atoms with Crippen molar-refractivity contribution in [1.29, 1.82) is 0 Å². The van der Waals surface area contributed by atoms with E-state index in [2.05, 4.69) is 40.4 Å². The molecule has 0 spiro atoms. The molecule has 0 aliphatic heterocycles. The predicted octanol–water partition coefficient (Wildman–Crippen LogP) is 2.53. The predicted molar refractivity (Wildman–Crippen MR) is 107 cm³/mol. The Kier molecular flexibility index (Phi) is 3.98. The fourth-order valence-corrected chi connectivity index (χ4v) is 3.22. The summed E-state index contributed by atoms with van der Waals surface area (Å²) in [5, 5.41) is 10.1. The maximum Gasteiger partial charge on any atom is 0.289 e. The fraction of sp³-hybridized carbons (Fsp3) is 0.100. The van der Waals surface area contributed by atoms with Crippen molar-refractivity contribution in [2.45, 2.75) is 13.5 Å². The molecule has 3 N–H and O–H groups in total. The number of nitrogens with zero attached hydrogens (tertiary/aromatic N) is 5. The highest BCUT2D eigenvalue weighted by atomic mass is 16.2. The van der Waals surface area contributed by atoms with Crippen LogP contribution in [0.1, 0.15) is 22.1 Å². The van der Waals surface area contributed by atoms with E-state index in [1.807, 2.05) is 24.3 Å². The summed E-state index contributed by atoms with van der Waals surface area (Å²) >= 11 is 0. The Balaban J connectivity index is 1.44. The molecule has 4 heterocycles. The third-order valence-corrected chi connectivity index (χ3v) is 4.59. The minimum Gasteiger partial charge on any atom is -0.344 e. The van der Waals surface area contributed by atoms with Gasteiger partial charge in [-0.25, -0.2) is 19.9 Å². The number of carbonyl (C=O) groups is 1. The van der Waals surface area contributed by atoms with Gasteiger partial charge in [0.1, 0.15) is 5.82 Å². The maximum atomic E-state index is 12.5. The van der Waals surface area contributed by atoms with E-state index in [0.717, 1.165) is 27.9 Å². The molecule has 0 saturated heterocycles. The summed E-state index contributed by atoms with van der Waals surface area (Å²) in [5.41, 5.74) is 4.85. The van der Waals surface area contributed by atoms with Crippen LogP contribution in [0.4, 0.5) is 0 Å².